The van der Waals surface area contributed by atoms with Crippen molar-refractivity contribution in [3.05, 3.63) is 91.9 Å². The van der Waals surface area contributed by atoms with E-state index < -0.39 is 17.2 Å². The third-order valence-electron chi connectivity index (χ3n) is 5.60. The van der Waals surface area contributed by atoms with Crippen LogP contribution >= 0.6 is 11.6 Å². The molecule has 0 spiro atoms. The molecule has 0 N–H and O–H groups in total. The molecular formula is C24H21ClF2N2O3. The number of aromatic nitrogens is 1. The molecule has 5 nitrogen and oxygen atoms in total. The van der Waals surface area contributed by atoms with Crippen molar-refractivity contribution in [1.82, 2.24) is 9.47 Å². The van der Waals surface area contributed by atoms with Crippen molar-refractivity contribution in [1.29, 1.82) is 0 Å². The Balaban J connectivity index is 1.62. The summed E-state index contributed by atoms with van der Waals surface area (Å²) >= 11 is 6.29. The van der Waals surface area contributed by atoms with Gasteiger partial charge in [-0.1, -0.05) is 17.7 Å². The topological polar surface area (TPSA) is 51.5 Å². The molecule has 166 valence electrons. The Labute approximate surface area is 188 Å². The first-order valence-electron chi connectivity index (χ1n) is 10.1. The van der Waals surface area contributed by atoms with Gasteiger partial charge in [-0.25, -0.2) is 8.78 Å². The Bertz CT molecular complexity index is 1270. The second kappa shape index (κ2) is 8.74. The molecule has 0 radical (unpaired) electrons. The highest BCUT2D eigenvalue weighted by Crippen LogP contribution is 2.27. The molecule has 4 rings (SSSR count). The minimum atomic E-state index is -0.733. The van der Waals surface area contributed by atoms with Gasteiger partial charge in [0.25, 0.3) is 5.56 Å². The summed E-state index contributed by atoms with van der Waals surface area (Å²) in [5, 5.41) is -0.126. The fraction of sp³-hybridized carbons (Fsp3) is 0.250. The van der Waals surface area contributed by atoms with Crippen molar-refractivity contribution in [3.63, 3.8) is 0 Å². The average molecular weight is 459 g/mol. The number of pyridine rings is 1. The molecule has 1 amide bonds. The van der Waals surface area contributed by atoms with Gasteiger partial charge in [0, 0.05) is 49.1 Å². The number of nitrogens with zero attached hydrogens (tertiary/aromatic N) is 2. The molecule has 32 heavy (non-hydrogen) atoms. The predicted octanol–water partition coefficient (Wildman–Crippen LogP) is 4.56. The van der Waals surface area contributed by atoms with Crippen LogP contribution in [0.2, 0.25) is 5.02 Å². The minimum absolute atomic E-state index is 0.0367. The molecule has 0 atom stereocenters. The van der Waals surface area contributed by atoms with Crippen molar-refractivity contribution >= 4 is 17.5 Å². The van der Waals surface area contributed by atoms with Gasteiger partial charge in [0.05, 0.1) is 0 Å². The normalized spacial score (nSPS) is 13.1. The zero-order chi connectivity index (χ0) is 23.0. The number of fused-ring (bicyclic) bond motifs is 1. The maximum absolute atomic E-state index is 13.9. The zero-order valence-corrected chi connectivity index (χ0v) is 18.4. The summed E-state index contributed by atoms with van der Waals surface area (Å²) in [6.07, 6.45) is 0.703. The minimum Gasteiger partial charge on any atom is -0.487 e. The van der Waals surface area contributed by atoms with Gasteiger partial charge in [-0.15, -0.1) is 0 Å². The lowest BCUT2D eigenvalue weighted by Crippen LogP contribution is -2.34. The van der Waals surface area contributed by atoms with Crippen molar-refractivity contribution in [2.45, 2.75) is 33.4 Å². The smallest absolute Gasteiger partial charge is 0.277 e. The van der Waals surface area contributed by atoms with E-state index in [-0.39, 0.29) is 28.8 Å². The summed E-state index contributed by atoms with van der Waals surface area (Å²) < 4.78 is 34.0. The van der Waals surface area contributed by atoms with E-state index in [1.54, 1.807) is 24.8 Å². The number of amides is 1. The molecule has 1 aliphatic rings. The summed E-state index contributed by atoms with van der Waals surface area (Å²) in [6.45, 7) is 4.29. The summed E-state index contributed by atoms with van der Waals surface area (Å²) in [5.74, 6) is -1.25. The molecule has 2 heterocycles. The molecular weight excluding hydrogens is 438 g/mol. The van der Waals surface area contributed by atoms with Crippen LogP contribution in [0.5, 0.6) is 5.75 Å². The maximum atomic E-state index is 13.9. The van der Waals surface area contributed by atoms with Crippen LogP contribution in [0.3, 0.4) is 0 Å². The number of aryl methyl sites for hydroxylation is 1. The predicted molar refractivity (Wildman–Crippen MR) is 117 cm³/mol. The van der Waals surface area contributed by atoms with Crippen LogP contribution < -0.4 is 10.3 Å². The molecule has 1 aliphatic heterocycles. The van der Waals surface area contributed by atoms with Crippen LogP contribution in [0, 0.1) is 18.6 Å². The maximum Gasteiger partial charge on any atom is 0.277 e. The first-order chi connectivity index (χ1) is 15.2. The SMILES string of the molecule is CC(=O)N1CCc2cc(-n3c(C)cc(OCc4ccc(F)cc4F)c(Cl)c3=O)ccc2C1. The highest BCUT2D eigenvalue weighted by atomic mass is 35.5. The van der Waals surface area contributed by atoms with Gasteiger partial charge >= 0.3 is 0 Å². The zero-order valence-electron chi connectivity index (χ0n) is 17.6. The largest absolute Gasteiger partial charge is 0.487 e. The van der Waals surface area contributed by atoms with Gasteiger partial charge in [0.2, 0.25) is 5.91 Å². The Morgan fingerprint density at radius 2 is 1.91 bits per heavy atom. The lowest BCUT2D eigenvalue weighted by atomic mass is 9.99. The van der Waals surface area contributed by atoms with E-state index in [0.29, 0.717) is 30.9 Å². The van der Waals surface area contributed by atoms with Crippen molar-refractivity contribution < 1.29 is 18.3 Å². The van der Waals surface area contributed by atoms with Gasteiger partial charge in [-0.3, -0.25) is 14.2 Å². The van der Waals surface area contributed by atoms with Gasteiger partial charge < -0.3 is 9.64 Å². The Morgan fingerprint density at radius 3 is 2.62 bits per heavy atom. The van der Waals surface area contributed by atoms with E-state index in [0.717, 1.165) is 23.3 Å². The van der Waals surface area contributed by atoms with E-state index >= 15 is 0 Å². The van der Waals surface area contributed by atoms with E-state index in [1.807, 2.05) is 18.2 Å². The number of halogens is 3. The summed E-state index contributed by atoms with van der Waals surface area (Å²) in [6, 6.07) is 10.5. The number of hydrogen-bond acceptors (Lipinski definition) is 3. The van der Waals surface area contributed by atoms with Crippen LogP contribution in [0.25, 0.3) is 5.69 Å². The van der Waals surface area contributed by atoms with Gasteiger partial charge in [-0.05, 0) is 48.7 Å². The number of carbonyl (C=O) groups excluding carboxylic acids is 1. The molecule has 0 unspecified atom stereocenters. The standard InChI is InChI=1S/C24H21ClF2N2O3/c1-14-9-22(32-13-18-3-5-19(26)11-21(18)27)23(25)24(31)29(14)20-6-4-17-12-28(15(2)30)8-7-16(17)10-20/h3-6,9-11H,7-8,12-13H2,1-2H3. The monoisotopic (exact) mass is 458 g/mol. The Morgan fingerprint density at radius 1 is 1.12 bits per heavy atom. The van der Waals surface area contributed by atoms with Crippen LogP contribution in [0.4, 0.5) is 8.78 Å². The number of benzene rings is 2. The molecule has 0 aliphatic carbocycles. The van der Waals surface area contributed by atoms with E-state index in [9.17, 15) is 18.4 Å². The second-order valence-electron chi connectivity index (χ2n) is 7.77. The van der Waals surface area contributed by atoms with E-state index in [1.165, 1.54) is 10.6 Å². The quantitative estimate of drug-likeness (QED) is 0.576. The molecule has 3 aromatic rings. The first-order valence-corrected chi connectivity index (χ1v) is 10.5. The van der Waals surface area contributed by atoms with Gasteiger partial charge in [0.1, 0.15) is 29.0 Å². The number of rotatable bonds is 4. The van der Waals surface area contributed by atoms with Crippen LogP contribution in [0.1, 0.15) is 29.3 Å². The molecule has 0 saturated carbocycles. The Hall–Kier alpha value is -3.19. The van der Waals surface area contributed by atoms with Crippen LogP contribution in [0.15, 0.2) is 47.3 Å². The van der Waals surface area contributed by atoms with E-state index in [2.05, 4.69) is 0 Å². The van der Waals surface area contributed by atoms with E-state index in [4.69, 9.17) is 16.3 Å². The summed E-state index contributed by atoms with van der Waals surface area (Å²) in [4.78, 5) is 26.5. The number of hydrogen-bond donors (Lipinski definition) is 0. The molecule has 0 bridgehead atoms. The van der Waals surface area contributed by atoms with Crippen molar-refractivity contribution in [3.8, 4) is 11.4 Å². The second-order valence-corrected chi connectivity index (χ2v) is 8.15. The molecule has 0 saturated heterocycles. The lowest BCUT2D eigenvalue weighted by molar-refractivity contribution is -0.129. The van der Waals surface area contributed by atoms with Gasteiger partial charge in [0.15, 0.2) is 0 Å². The average Bonchev–Trinajstić information content (AvgIpc) is 2.75. The fourth-order valence-electron chi connectivity index (χ4n) is 3.85. The fourth-order valence-corrected chi connectivity index (χ4v) is 4.04. The van der Waals surface area contributed by atoms with Crippen molar-refractivity contribution in [2.24, 2.45) is 0 Å². The number of carbonyl (C=O) groups is 1. The van der Waals surface area contributed by atoms with Gasteiger partial charge in [-0.2, -0.15) is 0 Å². The highest BCUT2D eigenvalue weighted by Gasteiger charge is 2.20. The summed E-state index contributed by atoms with van der Waals surface area (Å²) in [5.41, 5.74) is 3.08. The molecule has 1 aromatic heterocycles. The third kappa shape index (κ3) is 4.25. The molecule has 2 aromatic carbocycles. The van der Waals surface area contributed by atoms with Crippen LogP contribution in [-0.2, 0) is 24.4 Å². The first kappa shape index (κ1) is 22.0. The van der Waals surface area contributed by atoms with Crippen LogP contribution in [-0.4, -0.2) is 21.9 Å². The molecule has 8 heteroatoms. The summed E-state index contributed by atoms with van der Waals surface area (Å²) in [7, 11) is 0. The lowest BCUT2D eigenvalue weighted by Gasteiger charge is -2.28. The Kier molecular flexibility index (Phi) is 6.02. The van der Waals surface area contributed by atoms with Crippen molar-refractivity contribution in [2.75, 3.05) is 6.54 Å². The number of ether oxygens (including phenoxy) is 1. The molecule has 0 fully saturated rings. The third-order valence-corrected chi connectivity index (χ3v) is 5.95. The highest BCUT2D eigenvalue weighted by molar-refractivity contribution is 6.31.